The third-order valence-corrected chi connectivity index (χ3v) is 9.53. The van der Waals surface area contributed by atoms with Crippen molar-refractivity contribution in [2.75, 3.05) is 13.1 Å². The van der Waals surface area contributed by atoms with Crippen molar-refractivity contribution in [3.63, 3.8) is 0 Å². The number of aliphatic hydroxyl groups is 1. The zero-order valence-electron chi connectivity index (χ0n) is 17.7. The zero-order chi connectivity index (χ0) is 24.5. The van der Waals surface area contributed by atoms with Gasteiger partial charge < -0.3 is 5.11 Å². The third-order valence-electron chi connectivity index (χ3n) is 5.25. The number of nitrogens with zero attached hydrogens (tertiary/aromatic N) is 2. The molecule has 1 aliphatic heterocycles. The van der Waals surface area contributed by atoms with Crippen LogP contribution in [0.5, 0.6) is 0 Å². The molecule has 2 amide bonds. The topological polar surface area (TPSA) is 129 Å². The van der Waals surface area contributed by atoms with Gasteiger partial charge in [-0.2, -0.15) is 0 Å². The predicted octanol–water partition coefficient (Wildman–Crippen LogP) is 1.72. The second-order valence-corrected chi connectivity index (χ2v) is 11.5. The predicted molar refractivity (Wildman–Crippen MR) is 122 cm³/mol. The fraction of sp³-hybridized carbons (Fsp3) is 0.130. The summed E-state index contributed by atoms with van der Waals surface area (Å²) in [6.07, 6.45) is -1.68. The molecule has 1 atom stereocenters. The minimum absolute atomic E-state index is 0.158. The average Bonchev–Trinajstić information content (AvgIpc) is 3.08. The summed E-state index contributed by atoms with van der Waals surface area (Å²) in [5, 5.41) is 10.7. The molecule has 34 heavy (non-hydrogen) atoms. The normalized spacial score (nSPS) is 14.9. The summed E-state index contributed by atoms with van der Waals surface area (Å²) in [6.45, 7) is -1.49. The van der Waals surface area contributed by atoms with Crippen LogP contribution in [-0.2, 0) is 20.0 Å². The first kappa shape index (κ1) is 23.8. The number of benzene rings is 3. The summed E-state index contributed by atoms with van der Waals surface area (Å²) in [5.74, 6) is -1.30. The van der Waals surface area contributed by atoms with Crippen molar-refractivity contribution < 1.29 is 31.5 Å². The fourth-order valence-corrected chi connectivity index (χ4v) is 7.35. The van der Waals surface area contributed by atoms with Crippen LogP contribution in [0.25, 0.3) is 0 Å². The Morgan fingerprint density at radius 1 is 0.676 bits per heavy atom. The molecule has 1 heterocycles. The summed E-state index contributed by atoms with van der Waals surface area (Å²) in [5.41, 5.74) is 0.316. The van der Waals surface area contributed by atoms with Gasteiger partial charge in [-0.3, -0.25) is 14.5 Å². The van der Waals surface area contributed by atoms with E-state index in [9.17, 15) is 31.5 Å². The van der Waals surface area contributed by atoms with Gasteiger partial charge >= 0.3 is 0 Å². The van der Waals surface area contributed by atoms with Gasteiger partial charge in [0, 0.05) is 0 Å². The standard InChI is InChI=1S/C23H20N2O7S2/c26-17(15-24-22(27)20-13-7-8-14-21(20)23(24)28)16-25(33(29,30)18-9-3-1-4-10-18)34(31,32)19-11-5-2-6-12-19/h1-14,17,26H,15-16H2. The van der Waals surface area contributed by atoms with Crippen molar-refractivity contribution in [1.29, 1.82) is 0 Å². The van der Waals surface area contributed by atoms with Gasteiger partial charge in [-0.1, -0.05) is 52.2 Å². The Kier molecular flexibility index (Phi) is 6.36. The molecule has 0 spiro atoms. The summed E-state index contributed by atoms with van der Waals surface area (Å²) in [6, 6.07) is 20.0. The highest BCUT2D eigenvalue weighted by molar-refractivity contribution is 8.04. The van der Waals surface area contributed by atoms with Crippen LogP contribution in [0.3, 0.4) is 0 Å². The lowest BCUT2D eigenvalue weighted by molar-refractivity contribution is 0.0537. The monoisotopic (exact) mass is 500 g/mol. The van der Waals surface area contributed by atoms with E-state index in [1.54, 1.807) is 24.3 Å². The van der Waals surface area contributed by atoms with Crippen LogP contribution in [0.15, 0.2) is 94.7 Å². The van der Waals surface area contributed by atoms with Gasteiger partial charge in [-0.15, -0.1) is 0 Å². The van der Waals surface area contributed by atoms with Crippen molar-refractivity contribution in [2.45, 2.75) is 15.9 Å². The number of carbonyl (C=O) groups excluding carboxylic acids is 2. The van der Waals surface area contributed by atoms with E-state index in [4.69, 9.17) is 0 Å². The second-order valence-electron chi connectivity index (χ2n) is 7.51. The number of fused-ring (bicyclic) bond motifs is 1. The maximum absolute atomic E-state index is 13.3. The Bertz CT molecular complexity index is 1340. The quantitative estimate of drug-likeness (QED) is 0.466. The number of carbonyl (C=O) groups is 2. The van der Waals surface area contributed by atoms with E-state index in [0.717, 1.165) is 4.90 Å². The summed E-state index contributed by atoms with van der Waals surface area (Å²) in [7, 11) is -9.24. The van der Waals surface area contributed by atoms with E-state index in [1.807, 2.05) is 0 Å². The van der Waals surface area contributed by atoms with E-state index in [0.29, 0.717) is 0 Å². The molecule has 176 valence electrons. The van der Waals surface area contributed by atoms with E-state index >= 15 is 0 Å². The molecule has 0 bridgehead atoms. The van der Waals surface area contributed by atoms with Crippen molar-refractivity contribution >= 4 is 31.9 Å². The summed E-state index contributed by atoms with van der Waals surface area (Å²) >= 11 is 0. The Labute approximate surface area is 197 Å². The van der Waals surface area contributed by atoms with Crippen LogP contribution in [0.1, 0.15) is 20.7 Å². The van der Waals surface area contributed by atoms with Crippen LogP contribution < -0.4 is 0 Å². The number of amides is 2. The number of β-amino-alcohol motifs (C(OH)–C–C–N with tert-alkyl or cyclic N) is 1. The molecule has 3 aromatic rings. The zero-order valence-corrected chi connectivity index (χ0v) is 19.3. The van der Waals surface area contributed by atoms with E-state index in [-0.39, 0.29) is 24.6 Å². The molecule has 0 radical (unpaired) electrons. The molecule has 3 aromatic carbocycles. The number of hydrogen-bond donors (Lipinski definition) is 1. The minimum atomic E-state index is -4.62. The summed E-state index contributed by atoms with van der Waals surface area (Å²) in [4.78, 5) is 25.4. The third kappa shape index (κ3) is 4.26. The average molecular weight is 501 g/mol. The molecule has 1 aliphatic rings. The van der Waals surface area contributed by atoms with Crippen LogP contribution in [0.2, 0.25) is 0 Å². The molecular formula is C23H20N2O7S2. The lowest BCUT2D eigenvalue weighted by atomic mass is 10.1. The fourth-order valence-electron chi connectivity index (χ4n) is 3.59. The Hall–Kier alpha value is -3.38. The van der Waals surface area contributed by atoms with Crippen LogP contribution in [-0.4, -0.2) is 61.6 Å². The molecule has 0 saturated carbocycles. The van der Waals surface area contributed by atoms with Crippen LogP contribution in [0, 0.1) is 0 Å². The number of aliphatic hydroxyl groups excluding tert-OH is 1. The molecule has 0 fully saturated rings. The Balaban J connectivity index is 1.67. The number of hydrogen-bond acceptors (Lipinski definition) is 7. The SMILES string of the molecule is O=C1c2ccccc2C(=O)N1CC(O)CN(S(=O)(=O)c1ccccc1)S(=O)(=O)c1ccccc1. The van der Waals surface area contributed by atoms with Gasteiger partial charge in [0.05, 0.1) is 40.1 Å². The Morgan fingerprint density at radius 2 is 1.06 bits per heavy atom. The van der Waals surface area contributed by atoms with Gasteiger partial charge in [-0.25, -0.2) is 16.8 Å². The molecule has 0 aliphatic carbocycles. The first-order valence-corrected chi connectivity index (χ1v) is 13.0. The Morgan fingerprint density at radius 3 is 1.47 bits per heavy atom. The van der Waals surface area contributed by atoms with Crippen molar-refractivity contribution in [3.05, 3.63) is 96.1 Å². The summed E-state index contributed by atoms with van der Waals surface area (Å²) < 4.78 is 53.5. The van der Waals surface area contributed by atoms with E-state index in [1.165, 1.54) is 60.7 Å². The van der Waals surface area contributed by atoms with E-state index < -0.39 is 51.1 Å². The highest BCUT2D eigenvalue weighted by atomic mass is 32.3. The molecule has 9 nitrogen and oxygen atoms in total. The maximum Gasteiger partial charge on any atom is 0.261 e. The van der Waals surface area contributed by atoms with Gasteiger partial charge in [0.2, 0.25) is 0 Å². The molecule has 1 unspecified atom stereocenters. The molecule has 0 saturated heterocycles. The lowest BCUT2D eigenvalue weighted by Gasteiger charge is -2.26. The van der Waals surface area contributed by atoms with Crippen LogP contribution in [0.4, 0.5) is 0 Å². The smallest absolute Gasteiger partial charge is 0.261 e. The first-order chi connectivity index (χ1) is 16.1. The highest BCUT2D eigenvalue weighted by Crippen LogP contribution is 2.26. The maximum atomic E-state index is 13.3. The van der Waals surface area contributed by atoms with Gasteiger partial charge in [0.1, 0.15) is 0 Å². The molecule has 0 aromatic heterocycles. The largest absolute Gasteiger partial charge is 0.390 e. The molecule has 11 heteroatoms. The van der Waals surface area contributed by atoms with Crippen molar-refractivity contribution in [2.24, 2.45) is 0 Å². The van der Waals surface area contributed by atoms with Gasteiger partial charge in [-0.05, 0) is 36.4 Å². The van der Waals surface area contributed by atoms with E-state index in [2.05, 4.69) is 0 Å². The minimum Gasteiger partial charge on any atom is -0.390 e. The molecular weight excluding hydrogens is 480 g/mol. The first-order valence-electron chi connectivity index (χ1n) is 10.2. The molecule has 4 rings (SSSR count). The van der Waals surface area contributed by atoms with Gasteiger partial charge in [0.25, 0.3) is 31.9 Å². The highest BCUT2D eigenvalue weighted by Gasteiger charge is 2.41. The van der Waals surface area contributed by atoms with Crippen molar-refractivity contribution in [3.8, 4) is 0 Å². The lowest BCUT2D eigenvalue weighted by Crippen LogP contribution is -2.46. The van der Waals surface area contributed by atoms with Crippen molar-refractivity contribution in [1.82, 2.24) is 8.61 Å². The second kappa shape index (κ2) is 9.11. The number of rotatable bonds is 8. The molecule has 1 N–H and O–H groups in total. The van der Waals surface area contributed by atoms with Crippen LogP contribution >= 0.6 is 0 Å². The number of sulfonamides is 2. The van der Waals surface area contributed by atoms with Gasteiger partial charge in [0.15, 0.2) is 0 Å². The number of imide groups is 1.